The van der Waals surface area contributed by atoms with E-state index < -0.39 is 6.10 Å². The molecule has 2 rings (SSSR count). The molecule has 2 aliphatic rings. The molecular weight excluding hydrogens is 204 g/mol. The number of aldehydes is 1. The van der Waals surface area contributed by atoms with Gasteiger partial charge in [0.2, 0.25) is 0 Å². The number of unbranched alkanes of at least 4 members (excludes halogenated alkanes) is 2. The lowest BCUT2D eigenvalue weighted by Crippen LogP contribution is -2.21. The highest BCUT2D eigenvalue weighted by atomic mass is 16.5. The van der Waals surface area contributed by atoms with E-state index in [4.69, 9.17) is 4.74 Å². The van der Waals surface area contributed by atoms with Gasteiger partial charge in [0.05, 0.1) is 18.3 Å². The molecule has 5 unspecified atom stereocenters. The van der Waals surface area contributed by atoms with Crippen LogP contribution in [-0.2, 0) is 9.53 Å². The highest BCUT2D eigenvalue weighted by Crippen LogP contribution is 2.43. The van der Waals surface area contributed by atoms with Crippen molar-refractivity contribution in [3.05, 3.63) is 0 Å². The number of aliphatic hydroxyl groups is 1. The molecule has 1 heterocycles. The minimum Gasteiger partial charge on any atom is -0.392 e. The Morgan fingerprint density at radius 3 is 2.88 bits per heavy atom. The lowest BCUT2D eigenvalue weighted by molar-refractivity contribution is -0.114. The summed E-state index contributed by atoms with van der Waals surface area (Å²) in [6.07, 6.45) is 7.36. The number of carbonyl (C=O) groups excluding carboxylic acids is 1. The summed E-state index contributed by atoms with van der Waals surface area (Å²) in [6.45, 7) is 2.20. The highest BCUT2D eigenvalue weighted by molar-refractivity contribution is 5.56. The van der Waals surface area contributed by atoms with E-state index in [0.717, 1.165) is 19.1 Å². The Morgan fingerprint density at radius 1 is 1.38 bits per heavy atom. The van der Waals surface area contributed by atoms with E-state index in [-0.39, 0.29) is 17.9 Å². The fourth-order valence-corrected chi connectivity index (χ4v) is 3.17. The molecule has 3 nitrogen and oxygen atoms in total. The second-order valence-corrected chi connectivity index (χ2v) is 5.21. The molecule has 1 saturated carbocycles. The molecule has 0 aromatic heterocycles. The van der Waals surface area contributed by atoms with Crippen LogP contribution in [0.3, 0.4) is 0 Å². The fourth-order valence-electron chi connectivity index (χ4n) is 3.17. The highest BCUT2D eigenvalue weighted by Gasteiger charge is 2.48. The van der Waals surface area contributed by atoms with Gasteiger partial charge in [0.25, 0.3) is 0 Å². The van der Waals surface area contributed by atoms with Gasteiger partial charge in [-0.25, -0.2) is 0 Å². The Morgan fingerprint density at radius 2 is 2.19 bits per heavy atom. The molecule has 1 aliphatic carbocycles. The summed E-state index contributed by atoms with van der Waals surface area (Å²) in [5, 5.41) is 9.68. The van der Waals surface area contributed by atoms with Crippen LogP contribution in [-0.4, -0.2) is 29.7 Å². The topological polar surface area (TPSA) is 46.5 Å². The molecular formula is C13H22O3. The van der Waals surface area contributed by atoms with Gasteiger partial charge in [-0.1, -0.05) is 26.2 Å². The molecule has 92 valence electrons. The predicted octanol–water partition coefficient (Wildman–Crippen LogP) is 1.92. The van der Waals surface area contributed by atoms with Crippen LogP contribution in [0.15, 0.2) is 0 Å². The summed E-state index contributed by atoms with van der Waals surface area (Å²) >= 11 is 0. The quantitative estimate of drug-likeness (QED) is 0.575. The number of rotatable bonds is 5. The van der Waals surface area contributed by atoms with Crippen molar-refractivity contribution in [2.45, 2.75) is 63.8 Å². The molecule has 0 spiro atoms. The summed E-state index contributed by atoms with van der Waals surface area (Å²) in [4.78, 5) is 10.9. The molecule has 1 aliphatic heterocycles. The van der Waals surface area contributed by atoms with E-state index in [2.05, 4.69) is 6.92 Å². The molecule has 0 aromatic carbocycles. The minimum absolute atomic E-state index is 0.136. The maximum absolute atomic E-state index is 10.9. The van der Waals surface area contributed by atoms with E-state index in [1.807, 2.05) is 0 Å². The molecule has 2 fully saturated rings. The summed E-state index contributed by atoms with van der Waals surface area (Å²) in [7, 11) is 0. The van der Waals surface area contributed by atoms with Crippen LogP contribution < -0.4 is 0 Å². The van der Waals surface area contributed by atoms with Gasteiger partial charge >= 0.3 is 0 Å². The molecule has 5 atom stereocenters. The first-order valence-electron chi connectivity index (χ1n) is 6.55. The first-order chi connectivity index (χ1) is 7.76. The Hall–Kier alpha value is -0.410. The average molecular weight is 226 g/mol. The predicted molar refractivity (Wildman–Crippen MR) is 61.1 cm³/mol. The third-order valence-electron chi connectivity index (χ3n) is 4.08. The van der Waals surface area contributed by atoms with E-state index in [9.17, 15) is 9.90 Å². The SMILES string of the molecule is CCCCCC1CC2C(CC(O)C2C=O)O1. The normalized spacial score (nSPS) is 42.2. The van der Waals surface area contributed by atoms with Crippen LogP contribution in [0.4, 0.5) is 0 Å². The fraction of sp³-hybridized carbons (Fsp3) is 0.923. The van der Waals surface area contributed by atoms with Gasteiger partial charge in [-0.15, -0.1) is 0 Å². The van der Waals surface area contributed by atoms with Gasteiger partial charge in [-0.05, 0) is 18.8 Å². The van der Waals surface area contributed by atoms with Crippen LogP contribution in [0.2, 0.25) is 0 Å². The standard InChI is InChI=1S/C13H22O3/c1-2-3-4-5-9-6-10-11(8-14)12(15)7-13(10)16-9/h8-13,15H,2-7H2,1H3. The van der Waals surface area contributed by atoms with Crippen molar-refractivity contribution in [3.63, 3.8) is 0 Å². The molecule has 0 amide bonds. The van der Waals surface area contributed by atoms with Gasteiger partial charge < -0.3 is 14.6 Å². The molecule has 1 saturated heterocycles. The zero-order valence-electron chi connectivity index (χ0n) is 9.97. The van der Waals surface area contributed by atoms with Gasteiger partial charge in [-0.2, -0.15) is 0 Å². The Labute approximate surface area is 97.2 Å². The van der Waals surface area contributed by atoms with Crippen molar-refractivity contribution < 1.29 is 14.6 Å². The van der Waals surface area contributed by atoms with Crippen LogP contribution >= 0.6 is 0 Å². The average Bonchev–Trinajstić information content (AvgIpc) is 2.74. The number of hydrogen-bond donors (Lipinski definition) is 1. The summed E-state index contributed by atoms with van der Waals surface area (Å²) in [5.41, 5.74) is 0. The third-order valence-corrected chi connectivity index (χ3v) is 4.08. The summed E-state index contributed by atoms with van der Waals surface area (Å²) < 4.78 is 5.92. The molecule has 16 heavy (non-hydrogen) atoms. The minimum atomic E-state index is -0.468. The number of aliphatic hydroxyl groups excluding tert-OH is 1. The molecule has 0 bridgehead atoms. The Balaban J connectivity index is 1.82. The van der Waals surface area contributed by atoms with Crippen LogP contribution in [0.25, 0.3) is 0 Å². The first kappa shape index (κ1) is 12.1. The van der Waals surface area contributed by atoms with Crippen molar-refractivity contribution in [3.8, 4) is 0 Å². The van der Waals surface area contributed by atoms with Crippen LogP contribution in [0.5, 0.6) is 0 Å². The maximum Gasteiger partial charge on any atom is 0.126 e. The first-order valence-corrected chi connectivity index (χ1v) is 6.55. The van der Waals surface area contributed by atoms with Crippen LogP contribution in [0.1, 0.15) is 45.4 Å². The van der Waals surface area contributed by atoms with Crippen molar-refractivity contribution in [1.82, 2.24) is 0 Å². The number of carbonyl (C=O) groups is 1. The molecule has 0 aromatic rings. The second-order valence-electron chi connectivity index (χ2n) is 5.21. The van der Waals surface area contributed by atoms with Gasteiger partial charge in [-0.3, -0.25) is 0 Å². The van der Waals surface area contributed by atoms with Gasteiger partial charge in [0, 0.05) is 12.3 Å². The zero-order chi connectivity index (χ0) is 11.5. The Kier molecular flexibility index (Phi) is 3.98. The van der Waals surface area contributed by atoms with E-state index in [1.54, 1.807) is 0 Å². The molecule has 0 radical (unpaired) electrons. The van der Waals surface area contributed by atoms with E-state index >= 15 is 0 Å². The van der Waals surface area contributed by atoms with Crippen LogP contribution in [0, 0.1) is 11.8 Å². The molecule has 1 N–H and O–H groups in total. The number of fused-ring (bicyclic) bond motifs is 1. The second kappa shape index (κ2) is 5.28. The van der Waals surface area contributed by atoms with E-state index in [0.29, 0.717) is 12.5 Å². The van der Waals surface area contributed by atoms with Crippen molar-refractivity contribution in [2.75, 3.05) is 0 Å². The molecule has 3 heteroatoms. The third kappa shape index (κ3) is 2.30. The summed E-state index contributed by atoms with van der Waals surface area (Å²) in [6, 6.07) is 0. The number of ether oxygens (including phenoxy) is 1. The largest absolute Gasteiger partial charge is 0.392 e. The van der Waals surface area contributed by atoms with Gasteiger partial charge in [0.1, 0.15) is 6.29 Å². The number of hydrogen-bond acceptors (Lipinski definition) is 3. The maximum atomic E-state index is 10.9. The Bertz CT molecular complexity index is 241. The zero-order valence-corrected chi connectivity index (χ0v) is 9.97. The lowest BCUT2D eigenvalue weighted by Gasteiger charge is -2.15. The van der Waals surface area contributed by atoms with Crippen molar-refractivity contribution >= 4 is 6.29 Å². The van der Waals surface area contributed by atoms with Crippen molar-refractivity contribution in [1.29, 1.82) is 0 Å². The van der Waals surface area contributed by atoms with Crippen molar-refractivity contribution in [2.24, 2.45) is 11.8 Å². The van der Waals surface area contributed by atoms with E-state index in [1.165, 1.54) is 19.3 Å². The summed E-state index contributed by atoms with van der Waals surface area (Å²) in [5.74, 6) is 0.0975. The van der Waals surface area contributed by atoms with Gasteiger partial charge in [0.15, 0.2) is 0 Å². The smallest absolute Gasteiger partial charge is 0.126 e. The monoisotopic (exact) mass is 226 g/mol. The lowest BCUT2D eigenvalue weighted by atomic mass is 9.91.